The molecule has 1 aliphatic rings. The van der Waals surface area contributed by atoms with E-state index in [1.54, 1.807) is 6.92 Å². The highest BCUT2D eigenvalue weighted by Crippen LogP contribution is 2.38. The number of esters is 2. The van der Waals surface area contributed by atoms with Gasteiger partial charge in [0.15, 0.2) is 11.6 Å². The van der Waals surface area contributed by atoms with E-state index < -0.39 is 36.0 Å². The van der Waals surface area contributed by atoms with E-state index in [0.29, 0.717) is 0 Å². The summed E-state index contributed by atoms with van der Waals surface area (Å²) in [5, 5.41) is 0. The molecule has 7 nitrogen and oxygen atoms in total. The van der Waals surface area contributed by atoms with E-state index in [9.17, 15) is 23.2 Å². The molecule has 0 atom stereocenters. The molecule has 0 radical (unpaired) electrons. The van der Waals surface area contributed by atoms with Crippen LogP contribution in [0.4, 0.5) is 8.78 Å². The highest BCUT2D eigenvalue weighted by Gasteiger charge is 2.43. The van der Waals surface area contributed by atoms with Crippen LogP contribution in [0.15, 0.2) is 48.2 Å². The van der Waals surface area contributed by atoms with Gasteiger partial charge in [0.2, 0.25) is 5.76 Å². The van der Waals surface area contributed by atoms with Gasteiger partial charge in [0.05, 0.1) is 19.3 Å². The first-order valence-corrected chi connectivity index (χ1v) is 8.89. The summed E-state index contributed by atoms with van der Waals surface area (Å²) in [6, 6.07) is 8.59. The van der Waals surface area contributed by atoms with Gasteiger partial charge in [0.1, 0.15) is 18.1 Å². The van der Waals surface area contributed by atoms with Crippen molar-refractivity contribution in [1.82, 2.24) is 4.90 Å². The minimum atomic E-state index is -0.793. The topological polar surface area (TPSA) is 82.1 Å². The van der Waals surface area contributed by atoms with Crippen LogP contribution in [-0.4, -0.2) is 43.0 Å². The molecule has 0 aliphatic carbocycles. The van der Waals surface area contributed by atoms with Crippen LogP contribution in [0.25, 0.3) is 5.70 Å². The molecule has 0 N–H and O–H groups in total. The Bertz CT molecular complexity index is 1050. The Balaban J connectivity index is 2.12. The van der Waals surface area contributed by atoms with Crippen molar-refractivity contribution < 1.29 is 37.4 Å². The first-order chi connectivity index (χ1) is 14.4. The fourth-order valence-electron chi connectivity index (χ4n) is 2.88. The molecule has 1 amide bonds. The zero-order chi connectivity index (χ0) is 21.8. The molecule has 3 rings (SSSR count). The van der Waals surface area contributed by atoms with E-state index in [1.165, 1.54) is 24.3 Å². The summed E-state index contributed by atoms with van der Waals surface area (Å²) in [4.78, 5) is 37.7. The number of carbonyl (C=O) groups excluding carboxylic acids is 3. The second kappa shape index (κ2) is 8.73. The van der Waals surface area contributed by atoms with Crippen molar-refractivity contribution in [2.75, 3.05) is 20.3 Å². The molecule has 0 unspecified atom stereocenters. The molecule has 1 aliphatic heterocycles. The van der Waals surface area contributed by atoms with Gasteiger partial charge in [0.25, 0.3) is 5.91 Å². The normalized spacial score (nSPS) is 13.1. The Morgan fingerprint density at radius 2 is 1.83 bits per heavy atom. The summed E-state index contributed by atoms with van der Waals surface area (Å²) in [6.07, 6.45) is 0. The standard InChI is InChI=1S/C21H17F2NO6/c1-3-29-17(25)11-24-18(14-10-12(22)8-9-13(14)21(27)28-2)19(20(24)26)30-16-7-5-4-6-15(16)23/h4-10H,3,11H2,1-2H3. The predicted octanol–water partition coefficient (Wildman–Crippen LogP) is 2.90. The predicted molar refractivity (Wildman–Crippen MR) is 100 cm³/mol. The van der Waals surface area contributed by atoms with Crippen molar-refractivity contribution in [3.05, 3.63) is 71.0 Å². The quantitative estimate of drug-likeness (QED) is 0.645. The molecule has 0 saturated carbocycles. The van der Waals surface area contributed by atoms with E-state index in [4.69, 9.17) is 14.2 Å². The van der Waals surface area contributed by atoms with Crippen LogP contribution in [0.5, 0.6) is 5.75 Å². The Kier molecular flexibility index (Phi) is 6.10. The van der Waals surface area contributed by atoms with Crippen LogP contribution < -0.4 is 4.74 Å². The third-order valence-corrected chi connectivity index (χ3v) is 4.21. The van der Waals surface area contributed by atoms with Crippen LogP contribution in [0, 0.1) is 11.6 Å². The first-order valence-electron chi connectivity index (χ1n) is 8.89. The zero-order valence-electron chi connectivity index (χ0n) is 16.1. The van der Waals surface area contributed by atoms with E-state index in [-0.39, 0.29) is 34.9 Å². The fourth-order valence-corrected chi connectivity index (χ4v) is 2.88. The Morgan fingerprint density at radius 1 is 1.10 bits per heavy atom. The fraction of sp³-hybridized carbons (Fsp3) is 0.190. The molecule has 2 aromatic rings. The molecule has 1 heterocycles. The minimum absolute atomic E-state index is 0.0444. The van der Waals surface area contributed by atoms with Crippen molar-refractivity contribution in [2.24, 2.45) is 0 Å². The number of halogens is 2. The Morgan fingerprint density at radius 3 is 2.50 bits per heavy atom. The van der Waals surface area contributed by atoms with Gasteiger partial charge in [-0.25, -0.2) is 13.6 Å². The van der Waals surface area contributed by atoms with E-state index in [1.807, 2.05) is 0 Å². The van der Waals surface area contributed by atoms with Gasteiger partial charge in [-0.1, -0.05) is 12.1 Å². The Hall–Kier alpha value is -3.75. The van der Waals surface area contributed by atoms with Crippen LogP contribution in [0.2, 0.25) is 0 Å². The van der Waals surface area contributed by atoms with E-state index >= 15 is 0 Å². The maximum atomic E-state index is 14.0. The zero-order valence-corrected chi connectivity index (χ0v) is 16.1. The lowest BCUT2D eigenvalue weighted by molar-refractivity contribution is -0.147. The molecule has 0 bridgehead atoms. The molecule has 0 saturated heterocycles. The van der Waals surface area contributed by atoms with Crippen LogP contribution >= 0.6 is 0 Å². The van der Waals surface area contributed by atoms with Gasteiger partial charge in [-0.05, 0) is 37.3 Å². The average molecular weight is 417 g/mol. The number of methoxy groups -OCH3 is 1. The summed E-state index contributed by atoms with van der Waals surface area (Å²) < 4.78 is 43.0. The lowest BCUT2D eigenvalue weighted by Gasteiger charge is -2.35. The summed E-state index contributed by atoms with van der Waals surface area (Å²) in [5.41, 5.74) is -0.168. The van der Waals surface area contributed by atoms with Crippen molar-refractivity contribution in [3.63, 3.8) is 0 Å². The van der Waals surface area contributed by atoms with Crippen molar-refractivity contribution in [1.29, 1.82) is 0 Å². The maximum absolute atomic E-state index is 14.0. The Labute approximate surface area is 170 Å². The van der Waals surface area contributed by atoms with Crippen molar-refractivity contribution in [3.8, 4) is 5.75 Å². The van der Waals surface area contributed by atoms with E-state index in [0.717, 1.165) is 30.2 Å². The number of carbonyl (C=O) groups is 3. The lowest BCUT2D eigenvalue weighted by atomic mass is 9.97. The van der Waals surface area contributed by atoms with Gasteiger partial charge in [-0.3, -0.25) is 14.5 Å². The van der Waals surface area contributed by atoms with Gasteiger partial charge in [-0.15, -0.1) is 0 Å². The van der Waals surface area contributed by atoms with Gasteiger partial charge < -0.3 is 14.2 Å². The molecule has 0 spiro atoms. The molecule has 0 fully saturated rings. The monoisotopic (exact) mass is 417 g/mol. The molecule has 9 heteroatoms. The number of ether oxygens (including phenoxy) is 3. The number of amides is 1. The molecule has 156 valence electrons. The summed E-state index contributed by atoms with van der Waals surface area (Å²) in [7, 11) is 1.14. The van der Waals surface area contributed by atoms with Crippen LogP contribution in [0.3, 0.4) is 0 Å². The smallest absolute Gasteiger partial charge is 0.338 e. The maximum Gasteiger partial charge on any atom is 0.338 e. The van der Waals surface area contributed by atoms with Crippen LogP contribution in [-0.2, 0) is 19.1 Å². The first kappa shape index (κ1) is 21.0. The molecule has 30 heavy (non-hydrogen) atoms. The molecular weight excluding hydrogens is 400 g/mol. The second-order valence-electron chi connectivity index (χ2n) is 6.09. The lowest BCUT2D eigenvalue weighted by Crippen LogP contribution is -2.46. The summed E-state index contributed by atoms with van der Waals surface area (Å²) >= 11 is 0. The van der Waals surface area contributed by atoms with Gasteiger partial charge >= 0.3 is 11.9 Å². The average Bonchev–Trinajstić information content (AvgIpc) is 2.73. The molecular formula is C21H17F2NO6. The number of rotatable bonds is 7. The number of nitrogens with zero attached hydrogens (tertiary/aromatic N) is 1. The molecule has 2 aromatic carbocycles. The van der Waals surface area contributed by atoms with E-state index in [2.05, 4.69) is 0 Å². The number of hydrogen-bond acceptors (Lipinski definition) is 6. The third-order valence-electron chi connectivity index (χ3n) is 4.21. The SMILES string of the molecule is CCOC(=O)CN1C(=O)C(Oc2ccccc2F)=C1c1cc(F)ccc1C(=O)OC. The number of benzene rings is 2. The highest BCUT2D eigenvalue weighted by atomic mass is 19.1. The van der Waals surface area contributed by atoms with Crippen LogP contribution in [0.1, 0.15) is 22.8 Å². The van der Waals surface area contributed by atoms with Crippen molar-refractivity contribution in [2.45, 2.75) is 6.92 Å². The summed E-state index contributed by atoms with van der Waals surface area (Å²) in [6.45, 7) is 1.19. The number of hydrogen-bond donors (Lipinski definition) is 0. The van der Waals surface area contributed by atoms with Crippen molar-refractivity contribution >= 4 is 23.5 Å². The minimum Gasteiger partial charge on any atom is -0.465 e. The van der Waals surface area contributed by atoms with Gasteiger partial charge in [-0.2, -0.15) is 0 Å². The highest BCUT2D eigenvalue weighted by molar-refractivity contribution is 6.15. The summed E-state index contributed by atoms with van der Waals surface area (Å²) in [5.74, 6) is -4.28. The number of para-hydroxylation sites is 1. The van der Waals surface area contributed by atoms with Gasteiger partial charge in [0, 0.05) is 5.56 Å². The molecule has 0 aromatic heterocycles. The second-order valence-corrected chi connectivity index (χ2v) is 6.09. The third kappa shape index (κ3) is 4.00. The largest absolute Gasteiger partial charge is 0.465 e.